The molecule has 4 nitrogen and oxygen atoms in total. The Hall–Kier alpha value is -2.41. The first-order valence-electron chi connectivity index (χ1n) is 8.73. The fraction of sp³-hybridized carbons (Fsp3) is 0.450. The molecule has 0 aliphatic carbocycles. The van der Waals surface area contributed by atoms with Crippen molar-refractivity contribution in [3.05, 3.63) is 53.2 Å². The number of nitriles is 1. The van der Waals surface area contributed by atoms with Gasteiger partial charge in [-0.2, -0.15) is 5.26 Å². The Kier molecular flexibility index (Phi) is 5.10. The molecule has 1 aliphatic rings. The number of rotatable bonds is 4. The number of anilines is 1. The van der Waals surface area contributed by atoms with Crippen LogP contribution in [0.3, 0.4) is 0 Å². The van der Waals surface area contributed by atoms with Crippen LogP contribution in [0.1, 0.15) is 49.4 Å². The van der Waals surface area contributed by atoms with E-state index in [-0.39, 0.29) is 0 Å². The zero-order valence-corrected chi connectivity index (χ0v) is 14.4. The smallest absolute Gasteiger partial charge is 0.163 e. The van der Waals surface area contributed by atoms with Gasteiger partial charge in [-0.05, 0) is 54.4 Å². The maximum atomic E-state index is 8.79. The molecule has 0 N–H and O–H groups in total. The molecule has 0 unspecified atom stereocenters. The lowest BCUT2D eigenvalue weighted by atomic mass is 9.89. The van der Waals surface area contributed by atoms with Gasteiger partial charge in [0.15, 0.2) is 11.5 Å². The van der Waals surface area contributed by atoms with Crippen molar-refractivity contribution in [3.63, 3.8) is 0 Å². The highest BCUT2D eigenvalue weighted by Crippen LogP contribution is 2.25. The lowest BCUT2D eigenvalue weighted by Crippen LogP contribution is -2.35. The molecule has 124 valence electrons. The minimum absolute atomic E-state index is 0.374. The fourth-order valence-corrected chi connectivity index (χ4v) is 3.29. The number of hydrogen-bond donors (Lipinski definition) is 0. The summed E-state index contributed by atoms with van der Waals surface area (Å²) in [5.74, 6) is 2.21. The first kappa shape index (κ1) is 16.4. The largest absolute Gasteiger partial charge is 0.355 e. The van der Waals surface area contributed by atoms with Gasteiger partial charge >= 0.3 is 0 Å². The highest BCUT2D eigenvalue weighted by atomic mass is 15.3. The summed E-state index contributed by atoms with van der Waals surface area (Å²) >= 11 is 0. The van der Waals surface area contributed by atoms with Crippen LogP contribution in [0.25, 0.3) is 0 Å². The van der Waals surface area contributed by atoms with Crippen LogP contribution >= 0.6 is 0 Å². The lowest BCUT2D eigenvalue weighted by Gasteiger charge is -2.32. The van der Waals surface area contributed by atoms with Crippen molar-refractivity contribution < 1.29 is 0 Å². The summed E-state index contributed by atoms with van der Waals surface area (Å²) in [6.07, 6.45) is 3.51. The Balaban J connectivity index is 1.54. The number of aromatic nitrogens is 2. The van der Waals surface area contributed by atoms with E-state index in [1.165, 1.54) is 24.0 Å². The van der Waals surface area contributed by atoms with E-state index in [0.29, 0.717) is 11.6 Å². The summed E-state index contributed by atoms with van der Waals surface area (Å²) in [6.45, 7) is 6.48. The molecule has 1 aromatic heterocycles. The van der Waals surface area contributed by atoms with Gasteiger partial charge in [0, 0.05) is 13.1 Å². The zero-order chi connectivity index (χ0) is 16.9. The average molecular weight is 320 g/mol. The number of benzene rings is 1. The number of piperidine rings is 1. The van der Waals surface area contributed by atoms with Crippen LogP contribution in [0.5, 0.6) is 0 Å². The quantitative estimate of drug-likeness (QED) is 0.856. The van der Waals surface area contributed by atoms with Crippen molar-refractivity contribution >= 4 is 5.82 Å². The van der Waals surface area contributed by atoms with Crippen LogP contribution in [0, 0.1) is 17.2 Å². The molecule has 1 aliphatic heterocycles. The molecular formula is C20H24N4. The molecule has 0 saturated carbocycles. The first-order valence-corrected chi connectivity index (χ1v) is 8.73. The molecule has 1 saturated heterocycles. The third kappa shape index (κ3) is 3.91. The van der Waals surface area contributed by atoms with Gasteiger partial charge in [-0.3, -0.25) is 0 Å². The molecule has 0 amide bonds. The minimum Gasteiger partial charge on any atom is -0.355 e. The van der Waals surface area contributed by atoms with Crippen LogP contribution < -0.4 is 4.90 Å². The maximum absolute atomic E-state index is 8.79. The molecule has 0 bridgehead atoms. The molecule has 0 atom stereocenters. The normalized spacial score (nSPS) is 15.5. The zero-order valence-electron chi connectivity index (χ0n) is 14.4. The summed E-state index contributed by atoms with van der Waals surface area (Å²) in [7, 11) is 0. The van der Waals surface area contributed by atoms with Crippen molar-refractivity contribution in [2.24, 2.45) is 5.92 Å². The standard InChI is InChI=1S/C20H24N4/c1-15(2)18-5-3-16(4-6-18)13-17-9-11-24(12-10-17)20-8-7-19(14-21)22-23-20/h3-8,15,17H,9-13H2,1-2H3. The van der Waals surface area contributed by atoms with Gasteiger partial charge < -0.3 is 4.90 Å². The molecule has 0 spiro atoms. The Morgan fingerprint density at radius 3 is 2.33 bits per heavy atom. The van der Waals surface area contributed by atoms with Gasteiger partial charge in [0.25, 0.3) is 0 Å². The number of nitrogens with zero attached hydrogens (tertiary/aromatic N) is 4. The summed E-state index contributed by atoms with van der Waals surface area (Å²) in [4.78, 5) is 2.27. The first-order chi connectivity index (χ1) is 11.7. The van der Waals surface area contributed by atoms with Crippen LogP contribution in [0.4, 0.5) is 5.82 Å². The monoisotopic (exact) mass is 320 g/mol. The predicted octanol–water partition coefficient (Wildman–Crippen LogP) is 3.93. The molecule has 2 aromatic rings. The van der Waals surface area contributed by atoms with E-state index in [0.717, 1.165) is 31.2 Å². The van der Waals surface area contributed by atoms with Crippen molar-refractivity contribution in [1.29, 1.82) is 5.26 Å². The topological polar surface area (TPSA) is 52.8 Å². The predicted molar refractivity (Wildman–Crippen MR) is 95.9 cm³/mol. The van der Waals surface area contributed by atoms with E-state index in [4.69, 9.17) is 5.26 Å². The van der Waals surface area contributed by atoms with Gasteiger partial charge in [-0.15, -0.1) is 10.2 Å². The Labute approximate surface area is 144 Å². The highest BCUT2D eigenvalue weighted by Gasteiger charge is 2.20. The molecule has 2 heterocycles. The third-order valence-electron chi connectivity index (χ3n) is 4.87. The minimum atomic E-state index is 0.374. The van der Waals surface area contributed by atoms with Crippen LogP contribution in [-0.2, 0) is 6.42 Å². The van der Waals surface area contributed by atoms with Gasteiger partial charge in [-0.1, -0.05) is 38.1 Å². The average Bonchev–Trinajstić information content (AvgIpc) is 2.63. The molecular weight excluding hydrogens is 296 g/mol. The van der Waals surface area contributed by atoms with Crippen molar-refractivity contribution in [2.45, 2.75) is 39.0 Å². The molecule has 24 heavy (non-hydrogen) atoms. The van der Waals surface area contributed by atoms with E-state index in [2.05, 4.69) is 53.2 Å². The summed E-state index contributed by atoms with van der Waals surface area (Å²) < 4.78 is 0. The van der Waals surface area contributed by atoms with Gasteiger partial charge in [0.1, 0.15) is 6.07 Å². The molecule has 4 heteroatoms. The Bertz CT molecular complexity index is 690. The van der Waals surface area contributed by atoms with E-state index < -0.39 is 0 Å². The van der Waals surface area contributed by atoms with E-state index in [1.807, 2.05) is 12.1 Å². The van der Waals surface area contributed by atoms with Crippen molar-refractivity contribution in [2.75, 3.05) is 18.0 Å². The van der Waals surface area contributed by atoms with Crippen LogP contribution in [-0.4, -0.2) is 23.3 Å². The third-order valence-corrected chi connectivity index (χ3v) is 4.87. The van der Waals surface area contributed by atoms with E-state index >= 15 is 0 Å². The van der Waals surface area contributed by atoms with Crippen molar-refractivity contribution in [3.8, 4) is 6.07 Å². The summed E-state index contributed by atoms with van der Waals surface area (Å²) in [6, 6.07) is 14.8. The maximum Gasteiger partial charge on any atom is 0.163 e. The van der Waals surface area contributed by atoms with Gasteiger partial charge in [0.05, 0.1) is 0 Å². The molecule has 3 rings (SSSR count). The van der Waals surface area contributed by atoms with Crippen LogP contribution in [0.2, 0.25) is 0 Å². The Morgan fingerprint density at radius 1 is 1.08 bits per heavy atom. The number of hydrogen-bond acceptors (Lipinski definition) is 4. The Morgan fingerprint density at radius 2 is 1.79 bits per heavy atom. The van der Waals surface area contributed by atoms with E-state index in [1.54, 1.807) is 6.07 Å². The SMILES string of the molecule is CC(C)c1ccc(CC2CCN(c3ccc(C#N)nn3)CC2)cc1. The van der Waals surface area contributed by atoms with Gasteiger partial charge in [-0.25, -0.2) is 0 Å². The molecule has 1 aromatic carbocycles. The summed E-state index contributed by atoms with van der Waals surface area (Å²) in [5, 5.41) is 16.9. The molecule has 1 fully saturated rings. The fourth-order valence-electron chi connectivity index (χ4n) is 3.29. The lowest BCUT2D eigenvalue weighted by molar-refractivity contribution is 0.401. The second-order valence-corrected chi connectivity index (χ2v) is 6.92. The van der Waals surface area contributed by atoms with Gasteiger partial charge in [0.2, 0.25) is 0 Å². The highest BCUT2D eigenvalue weighted by molar-refractivity contribution is 5.39. The molecule has 0 radical (unpaired) electrons. The van der Waals surface area contributed by atoms with Crippen molar-refractivity contribution in [1.82, 2.24) is 10.2 Å². The summed E-state index contributed by atoms with van der Waals surface area (Å²) in [5.41, 5.74) is 3.22. The second-order valence-electron chi connectivity index (χ2n) is 6.92. The van der Waals surface area contributed by atoms with E-state index in [9.17, 15) is 0 Å². The second kappa shape index (κ2) is 7.44. The van der Waals surface area contributed by atoms with Crippen LogP contribution in [0.15, 0.2) is 36.4 Å².